The monoisotopic (exact) mass is 248 g/mol. The van der Waals surface area contributed by atoms with Gasteiger partial charge in [-0.15, -0.1) is 0 Å². The molecule has 0 unspecified atom stereocenters. The lowest BCUT2D eigenvalue weighted by Gasteiger charge is -2.25. The van der Waals surface area contributed by atoms with Crippen LogP contribution in [-0.2, 0) is 16.6 Å². The average Bonchev–Trinajstić information content (AvgIpc) is 2.88. The number of benzene rings is 1. The first-order chi connectivity index (χ1) is 8.62. The molecule has 0 spiro atoms. The SMILES string of the molecule is CCc1cc(OC)cc(C2(C(=O)O)CCCC2)c1. The van der Waals surface area contributed by atoms with E-state index >= 15 is 0 Å². The molecule has 0 amide bonds. The van der Waals surface area contributed by atoms with Crippen LogP contribution in [0.15, 0.2) is 18.2 Å². The van der Waals surface area contributed by atoms with E-state index in [0.29, 0.717) is 0 Å². The minimum absolute atomic E-state index is 0.696. The second-order valence-corrected chi connectivity index (χ2v) is 5.02. The lowest BCUT2D eigenvalue weighted by Crippen LogP contribution is -2.32. The van der Waals surface area contributed by atoms with Crippen LogP contribution >= 0.6 is 0 Å². The van der Waals surface area contributed by atoms with E-state index in [2.05, 4.69) is 6.92 Å². The molecule has 1 fully saturated rings. The summed E-state index contributed by atoms with van der Waals surface area (Å²) in [5.74, 6) is 0.0622. The molecule has 0 radical (unpaired) electrons. The summed E-state index contributed by atoms with van der Waals surface area (Å²) in [7, 11) is 1.63. The Balaban J connectivity index is 2.50. The van der Waals surface area contributed by atoms with Gasteiger partial charge in [-0.2, -0.15) is 0 Å². The lowest BCUT2D eigenvalue weighted by molar-refractivity contribution is -0.143. The number of aryl methyl sites for hydroxylation is 1. The number of hydrogen-bond acceptors (Lipinski definition) is 2. The van der Waals surface area contributed by atoms with Crippen LogP contribution in [0, 0.1) is 0 Å². The fourth-order valence-electron chi connectivity index (χ4n) is 2.86. The Morgan fingerprint density at radius 1 is 1.33 bits per heavy atom. The van der Waals surface area contributed by atoms with Crippen LogP contribution in [0.3, 0.4) is 0 Å². The van der Waals surface area contributed by atoms with Gasteiger partial charge in [-0.05, 0) is 42.5 Å². The van der Waals surface area contributed by atoms with Crippen LogP contribution in [0.1, 0.15) is 43.7 Å². The van der Waals surface area contributed by atoms with Crippen LogP contribution < -0.4 is 4.74 Å². The number of aliphatic carboxylic acids is 1. The molecule has 0 aliphatic heterocycles. The van der Waals surface area contributed by atoms with E-state index in [9.17, 15) is 9.90 Å². The van der Waals surface area contributed by atoms with Gasteiger partial charge in [0.25, 0.3) is 0 Å². The normalized spacial score (nSPS) is 17.7. The molecule has 3 heteroatoms. The van der Waals surface area contributed by atoms with Gasteiger partial charge in [0.2, 0.25) is 0 Å². The number of ether oxygens (including phenoxy) is 1. The molecule has 3 nitrogen and oxygen atoms in total. The Kier molecular flexibility index (Phi) is 3.60. The van der Waals surface area contributed by atoms with Gasteiger partial charge in [-0.3, -0.25) is 4.79 Å². The molecule has 0 heterocycles. The summed E-state index contributed by atoms with van der Waals surface area (Å²) >= 11 is 0. The zero-order chi connectivity index (χ0) is 13.2. The summed E-state index contributed by atoms with van der Waals surface area (Å²) in [4.78, 5) is 11.7. The molecule has 2 rings (SSSR count). The Bertz CT molecular complexity index is 423. The third kappa shape index (κ3) is 2.09. The molecule has 18 heavy (non-hydrogen) atoms. The van der Waals surface area contributed by atoms with Crippen molar-refractivity contribution in [2.75, 3.05) is 7.11 Å². The molecule has 1 N–H and O–H groups in total. The van der Waals surface area contributed by atoms with Gasteiger partial charge in [0.05, 0.1) is 12.5 Å². The standard InChI is InChI=1S/C15H20O3/c1-3-11-8-12(10-13(9-11)18-2)15(14(16)17)6-4-5-7-15/h8-10H,3-7H2,1-2H3,(H,16,17). The summed E-state index contributed by atoms with van der Waals surface area (Å²) < 4.78 is 5.29. The van der Waals surface area contributed by atoms with E-state index in [1.807, 2.05) is 18.2 Å². The quantitative estimate of drug-likeness (QED) is 0.890. The smallest absolute Gasteiger partial charge is 0.314 e. The molecule has 98 valence electrons. The van der Waals surface area contributed by atoms with Crippen LogP contribution in [-0.4, -0.2) is 18.2 Å². The van der Waals surface area contributed by atoms with Crippen LogP contribution in [0.2, 0.25) is 0 Å². The first kappa shape index (κ1) is 12.9. The summed E-state index contributed by atoms with van der Waals surface area (Å²) in [6, 6.07) is 5.90. The van der Waals surface area contributed by atoms with Gasteiger partial charge in [0.15, 0.2) is 0 Å². The Hall–Kier alpha value is -1.51. The van der Waals surface area contributed by atoms with E-state index < -0.39 is 11.4 Å². The van der Waals surface area contributed by atoms with Crippen molar-refractivity contribution in [3.05, 3.63) is 29.3 Å². The van der Waals surface area contributed by atoms with E-state index in [4.69, 9.17) is 4.74 Å². The van der Waals surface area contributed by atoms with Gasteiger partial charge in [0.1, 0.15) is 5.75 Å². The minimum Gasteiger partial charge on any atom is -0.497 e. The second kappa shape index (κ2) is 5.01. The number of carboxylic acid groups (broad SMARTS) is 1. The third-order valence-electron chi connectivity index (χ3n) is 4.03. The third-order valence-corrected chi connectivity index (χ3v) is 4.03. The maximum Gasteiger partial charge on any atom is 0.314 e. The zero-order valence-corrected chi connectivity index (χ0v) is 11.0. The highest BCUT2D eigenvalue weighted by molar-refractivity contribution is 5.82. The molecular formula is C15H20O3. The number of carboxylic acids is 1. The largest absolute Gasteiger partial charge is 0.497 e. The van der Waals surface area contributed by atoms with Crippen molar-refractivity contribution >= 4 is 5.97 Å². The van der Waals surface area contributed by atoms with Crippen LogP contribution in [0.5, 0.6) is 5.75 Å². The van der Waals surface area contributed by atoms with Crippen molar-refractivity contribution in [3.8, 4) is 5.75 Å². The zero-order valence-electron chi connectivity index (χ0n) is 11.0. The Labute approximate surface area is 108 Å². The molecule has 0 aromatic heterocycles. The predicted molar refractivity (Wildman–Crippen MR) is 70.2 cm³/mol. The van der Waals surface area contributed by atoms with Gasteiger partial charge in [-0.1, -0.05) is 25.8 Å². The van der Waals surface area contributed by atoms with Crippen molar-refractivity contribution in [3.63, 3.8) is 0 Å². The fraction of sp³-hybridized carbons (Fsp3) is 0.533. The maximum absolute atomic E-state index is 11.7. The van der Waals surface area contributed by atoms with Crippen molar-refractivity contribution in [1.29, 1.82) is 0 Å². The molecule has 1 aliphatic carbocycles. The van der Waals surface area contributed by atoms with Crippen LogP contribution in [0.25, 0.3) is 0 Å². The first-order valence-electron chi connectivity index (χ1n) is 6.54. The molecular weight excluding hydrogens is 228 g/mol. The Morgan fingerprint density at radius 2 is 2.00 bits per heavy atom. The number of rotatable bonds is 4. The van der Waals surface area contributed by atoms with Gasteiger partial charge < -0.3 is 9.84 Å². The highest BCUT2D eigenvalue weighted by Gasteiger charge is 2.43. The highest BCUT2D eigenvalue weighted by atomic mass is 16.5. The summed E-state index contributed by atoms with van der Waals surface area (Å²) in [6.45, 7) is 2.07. The fourth-order valence-corrected chi connectivity index (χ4v) is 2.86. The van der Waals surface area contributed by atoms with Crippen molar-refractivity contribution in [2.24, 2.45) is 0 Å². The summed E-state index contributed by atoms with van der Waals surface area (Å²) in [5.41, 5.74) is 1.35. The van der Waals surface area contributed by atoms with E-state index in [-0.39, 0.29) is 0 Å². The highest BCUT2D eigenvalue weighted by Crippen LogP contribution is 2.42. The molecule has 1 aliphatic rings. The molecule has 0 atom stereocenters. The second-order valence-electron chi connectivity index (χ2n) is 5.02. The minimum atomic E-state index is -0.699. The van der Waals surface area contributed by atoms with Crippen LogP contribution in [0.4, 0.5) is 0 Å². The molecule has 1 aromatic carbocycles. The number of hydrogen-bond donors (Lipinski definition) is 1. The van der Waals surface area contributed by atoms with Gasteiger partial charge in [-0.25, -0.2) is 0 Å². The summed E-state index contributed by atoms with van der Waals surface area (Å²) in [5, 5.41) is 9.60. The lowest BCUT2D eigenvalue weighted by atomic mass is 9.78. The molecule has 1 saturated carbocycles. The number of carbonyl (C=O) groups is 1. The summed E-state index contributed by atoms with van der Waals surface area (Å²) in [6.07, 6.45) is 4.34. The maximum atomic E-state index is 11.7. The van der Waals surface area contributed by atoms with E-state index in [0.717, 1.165) is 49.0 Å². The van der Waals surface area contributed by atoms with E-state index in [1.165, 1.54) is 0 Å². The van der Waals surface area contributed by atoms with Gasteiger partial charge >= 0.3 is 5.97 Å². The van der Waals surface area contributed by atoms with E-state index in [1.54, 1.807) is 7.11 Å². The predicted octanol–water partition coefficient (Wildman–Crippen LogP) is 3.15. The van der Waals surface area contributed by atoms with Crippen molar-refractivity contribution < 1.29 is 14.6 Å². The topological polar surface area (TPSA) is 46.5 Å². The molecule has 1 aromatic rings. The first-order valence-corrected chi connectivity index (χ1v) is 6.54. The molecule has 0 saturated heterocycles. The Morgan fingerprint density at radius 3 is 2.50 bits per heavy atom. The molecule has 0 bridgehead atoms. The van der Waals surface area contributed by atoms with Crippen molar-refractivity contribution in [1.82, 2.24) is 0 Å². The average molecular weight is 248 g/mol. The van der Waals surface area contributed by atoms with Gasteiger partial charge in [0, 0.05) is 0 Å². The van der Waals surface area contributed by atoms with Crippen molar-refractivity contribution in [2.45, 2.75) is 44.4 Å². The number of methoxy groups -OCH3 is 1.